The summed E-state index contributed by atoms with van der Waals surface area (Å²) in [5.74, 6) is -3.47. The molecular weight excluding hydrogens is 304 g/mol. The van der Waals surface area contributed by atoms with E-state index in [2.05, 4.69) is 0 Å². The summed E-state index contributed by atoms with van der Waals surface area (Å²) in [5.41, 5.74) is 0.369. The zero-order valence-electron chi connectivity index (χ0n) is 11.0. The highest BCUT2D eigenvalue weighted by Crippen LogP contribution is 2.21. The molecule has 1 rings (SSSR count). The van der Waals surface area contributed by atoms with E-state index >= 15 is 0 Å². The summed E-state index contributed by atoms with van der Waals surface area (Å²) in [6, 6.07) is 5.17. The summed E-state index contributed by atoms with van der Waals surface area (Å²) < 4.78 is 0. The van der Waals surface area contributed by atoms with Gasteiger partial charge in [-0.2, -0.15) is 0 Å². The highest BCUT2D eigenvalue weighted by Gasteiger charge is 2.69. The molecule has 0 saturated heterocycles. The molecule has 0 atom stereocenters. The second-order valence-electron chi connectivity index (χ2n) is 4.32. The minimum absolute atomic E-state index is 0.0786. The van der Waals surface area contributed by atoms with Crippen molar-refractivity contribution in [2.45, 2.75) is 25.0 Å². The molecule has 0 aliphatic rings. The number of hydrogen-bond acceptors (Lipinski definition) is 8. The molecule has 0 spiro atoms. The Morgan fingerprint density at radius 1 is 0.818 bits per heavy atom. The highest BCUT2D eigenvalue weighted by atomic mass is 16.7. The fourth-order valence-electron chi connectivity index (χ4n) is 1.79. The van der Waals surface area contributed by atoms with E-state index in [9.17, 15) is 40.5 Å². The standard InChI is InChI=1S/C10H10N4O8/c15-11(16)9-5-3-8(4-6-9)2-1-7-10(12(17)18,13(19)20)14(21)22/h3-6H,1-2,7H2. The van der Waals surface area contributed by atoms with Gasteiger partial charge in [0, 0.05) is 12.1 Å². The number of non-ortho nitro benzene ring substituents is 1. The van der Waals surface area contributed by atoms with Crippen LogP contribution in [0.2, 0.25) is 0 Å². The van der Waals surface area contributed by atoms with Gasteiger partial charge in [0.2, 0.25) is 0 Å². The van der Waals surface area contributed by atoms with E-state index in [0.717, 1.165) is 0 Å². The first kappa shape index (κ1) is 16.9. The lowest BCUT2D eigenvalue weighted by atomic mass is 10.1. The molecule has 118 valence electrons. The summed E-state index contributed by atoms with van der Waals surface area (Å²) >= 11 is 0. The van der Waals surface area contributed by atoms with Crippen molar-refractivity contribution in [2.75, 3.05) is 0 Å². The van der Waals surface area contributed by atoms with Crippen molar-refractivity contribution >= 4 is 5.69 Å². The van der Waals surface area contributed by atoms with Crippen LogP contribution in [0.4, 0.5) is 5.69 Å². The first-order valence-corrected chi connectivity index (χ1v) is 5.88. The summed E-state index contributed by atoms with van der Waals surface area (Å²) in [4.78, 5) is 37.4. The third kappa shape index (κ3) is 3.28. The van der Waals surface area contributed by atoms with Gasteiger partial charge < -0.3 is 0 Å². The van der Waals surface area contributed by atoms with Crippen LogP contribution < -0.4 is 0 Å². The topological polar surface area (TPSA) is 173 Å². The second kappa shape index (κ2) is 6.51. The Labute approximate surface area is 122 Å². The minimum Gasteiger partial charge on any atom is -0.258 e. The molecule has 0 bridgehead atoms. The molecule has 0 aliphatic heterocycles. The molecule has 0 N–H and O–H groups in total. The summed E-state index contributed by atoms with van der Waals surface area (Å²) in [6.45, 7) is 0. The maximum Gasteiger partial charge on any atom is 0.699 e. The van der Waals surface area contributed by atoms with Gasteiger partial charge in [0.25, 0.3) is 5.69 Å². The van der Waals surface area contributed by atoms with E-state index in [1.165, 1.54) is 24.3 Å². The van der Waals surface area contributed by atoms with Crippen LogP contribution in [0.15, 0.2) is 24.3 Å². The second-order valence-corrected chi connectivity index (χ2v) is 4.32. The molecule has 0 radical (unpaired) electrons. The fourth-order valence-corrected chi connectivity index (χ4v) is 1.79. The molecule has 0 amide bonds. The third-order valence-electron chi connectivity index (χ3n) is 3.00. The Hall–Kier alpha value is -3.18. The molecule has 0 aromatic heterocycles. The van der Waals surface area contributed by atoms with E-state index in [-0.39, 0.29) is 18.5 Å². The van der Waals surface area contributed by atoms with Crippen LogP contribution in [-0.2, 0) is 6.42 Å². The molecule has 0 saturated carbocycles. The van der Waals surface area contributed by atoms with E-state index in [4.69, 9.17) is 0 Å². The van der Waals surface area contributed by atoms with Crippen LogP contribution in [0.1, 0.15) is 18.4 Å². The minimum atomic E-state index is -3.47. The van der Waals surface area contributed by atoms with Gasteiger partial charge in [-0.15, -0.1) is 0 Å². The Morgan fingerprint density at radius 2 is 1.27 bits per heavy atom. The summed E-state index contributed by atoms with van der Waals surface area (Å²) in [6.07, 6.45) is -1.01. The lowest BCUT2D eigenvalue weighted by Gasteiger charge is -2.08. The maximum atomic E-state index is 10.7. The third-order valence-corrected chi connectivity index (χ3v) is 3.00. The normalized spacial score (nSPS) is 10.9. The van der Waals surface area contributed by atoms with Crippen molar-refractivity contribution in [1.82, 2.24) is 0 Å². The van der Waals surface area contributed by atoms with Gasteiger partial charge in [-0.05, 0) is 18.4 Å². The predicted molar refractivity (Wildman–Crippen MR) is 69.7 cm³/mol. The lowest BCUT2D eigenvalue weighted by Crippen LogP contribution is -2.53. The Bertz CT molecular complexity index is 578. The van der Waals surface area contributed by atoms with Gasteiger partial charge in [0.05, 0.1) is 4.92 Å². The molecule has 12 nitrogen and oxygen atoms in total. The molecule has 0 unspecified atom stereocenters. The number of nitro benzene ring substituents is 1. The van der Waals surface area contributed by atoms with Gasteiger partial charge in [0.1, 0.15) is 0 Å². The van der Waals surface area contributed by atoms with Crippen LogP contribution in [-0.4, -0.2) is 25.5 Å². The van der Waals surface area contributed by atoms with Crippen LogP contribution in [0.3, 0.4) is 0 Å². The zero-order chi connectivity index (χ0) is 16.9. The zero-order valence-corrected chi connectivity index (χ0v) is 11.0. The highest BCUT2D eigenvalue weighted by molar-refractivity contribution is 5.32. The van der Waals surface area contributed by atoms with Crippen LogP contribution in [0, 0.1) is 40.5 Å². The number of benzene rings is 1. The van der Waals surface area contributed by atoms with Crippen molar-refractivity contribution < 1.29 is 19.7 Å². The molecule has 0 aliphatic carbocycles. The monoisotopic (exact) mass is 314 g/mol. The van der Waals surface area contributed by atoms with Crippen molar-refractivity contribution in [3.05, 3.63) is 70.3 Å². The Balaban J connectivity index is 2.79. The van der Waals surface area contributed by atoms with E-state index < -0.39 is 31.9 Å². The number of nitro groups is 4. The fraction of sp³-hybridized carbons (Fsp3) is 0.400. The van der Waals surface area contributed by atoms with Crippen molar-refractivity contribution in [2.24, 2.45) is 0 Å². The maximum absolute atomic E-state index is 10.7. The molecular formula is C10H10N4O8. The molecule has 12 heteroatoms. The van der Waals surface area contributed by atoms with Gasteiger partial charge in [-0.3, -0.25) is 40.5 Å². The predicted octanol–water partition coefficient (Wildman–Crippen LogP) is 1.40. The van der Waals surface area contributed by atoms with E-state index in [1.807, 2.05) is 0 Å². The smallest absolute Gasteiger partial charge is 0.258 e. The number of hydrogen-bond donors (Lipinski definition) is 0. The summed E-state index contributed by atoms with van der Waals surface area (Å²) in [5, 5.41) is 42.6. The van der Waals surface area contributed by atoms with Gasteiger partial charge in [-0.1, -0.05) is 12.1 Å². The van der Waals surface area contributed by atoms with Crippen molar-refractivity contribution in [3.63, 3.8) is 0 Å². The quantitative estimate of drug-likeness (QED) is 0.393. The first-order valence-electron chi connectivity index (χ1n) is 5.88. The Kier molecular flexibility index (Phi) is 5.00. The van der Waals surface area contributed by atoms with Gasteiger partial charge >= 0.3 is 5.79 Å². The van der Waals surface area contributed by atoms with Gasteiger partial charge in [0.15, 0.2) is 21.2 Å². The lowest BCUT2D eigenvalue weighted by molar-refractivity contribution is -0.970. The summed E-state index contributed by atoms with van der Waals surface area (Å²) in [7, 11) is 0. The van der Waals surface area contributed by atoms with Crippen molar-refractivity contribution in [3.8, 4) is 0 Å². The first-order chi connectivity index (χ1) is 10.2. The Morgan fingerprint density at radius 3 is 1.64 bits per heavy atom. The number of aryl methyl sites for hydroxylation is 1. The SMILES string of the molecule is O=[N+]([O-])c1ccc(CCCC([N+](=O)[O-])([N+](=O)[O-])[N+](=O)[O-])cc1. The average Bonchev–Trinajstić information content (AvgIpc) is 2.42. The van der Waals surface area contributed by atoms with Crippen LogP contribution >= 0.6 is 0 Å². The molecule has 1 aromatic rings. The van der Waals surface area contributed by atoms with Crippen LogP contribution in [0.5, 0.6) is 0 Å². The van der Waals surface area contributed by atoms with Crippen molar-refractivity contribution in [1.29, 1.82) is 0 Å². The average molecular weight is 314 g/mol. The van der Waals surface area contributed by atoms with Crippen LogP contribution in [0.25, 0.3) is 0 Å². The molecule has 0 heterocycles. The molecule has 22 heavy (non-hydrogen) atoms. The van der Waals surface area contributed by atoms with Gasteiger partial charge in [-0.25, -0.2) is 0 Å². The number of rotatable bonds is 8. The number of nitrogens with zero attached hydrogens (tertiary/aromatic N) is 4. The van der Waals surface area contributed by atoms with E-state index in [1.54, 1.807) is 0 Å². The van der Waals surface area contributed by atoms with E-state index in [0.29, 0.717) is 5.56 Å². The largest absolute Gasteiger partial charge is 0.699 e. The molecule has 1 aromatic carbocycles. The molecule has 0 fully saturated rings.